The quantitative estimate of drug-likeness (QED) is 0.846. The monoisotopic (exact) mass is 267 g/mol. The van der Waals surface area contributed by atoms with E-state index >= 15 is 0 Å². The van der Waals surface area contributed by atoms with Crippen LogP contribution in [0.3, 0.4) is 0 Å². The first-order valence-corrected chi connectivity index (χ1v) is 5.71. The molecule has 0 aliphatic rings. The standard InChI is InChI=1S/C12H11ClFN3O/c13-9-7-16-12(17-8-9)15-5-6-18-11-3-1-10(14)2-4-11/h1-4,7-8H,5-6H2,(H,15,16,17). The SMILES string of the molecule is Fc1ccc(OCCNc2ncc(Cl)cn2)cc1. The lowest BCUT2D eigenvalue weighted by Crippen LogP contribution is -2.13. The van der Waals surface area contributed by atoms with Gasteiger partial charge in [0.1, 0.15) is 18.2 Å². The smallest absolute Gasteiger partial charge is 0.222 e. The number of halogens is 2. The highest BCUT2D eigenvalue weighted by atomic mass is 35.5. The summed E-state index contributed by atoms with van der Waals surface area (Å²) in [5, 5.41) is 3.46. The van der Waals surface area contributed by atoms with E-state index in [1.165, 1.54) is 24.5 Å². The highest BCUT2D eigenvalue weighted by Crippen LogP contribution is 2.10. The summed E-state index contributed by atoms with van der Waals surface area (Å²) >= 11 is 5.66. The fourth-order valence-corrected chi connectivity index (χ4v) is 1.36. The normalized spacial score (nSPS) is 10.1. The maximum atomic E-state index is 12.6. The first kappa shape index (κ1) is 12.6. The summed E-state index contributed by atoms with van der Waals surface area (Å²) in [5.74, 6) is 0.826. The van der Waals surface area contributed by atoms with Crippen LogP contribution in [0.2, 0.25) is 5.02 Å². The van der Waals surface area contributed by atoms with Crippen molar-refractivity contribution in [2.45, 2.75) is 0 Å². The molecule has 6 heteroatoms. The maximum absolute atomic E-state index is 12.6. The molecule has 4 nitrogen and oxygen atoms in total. The first-order valence-electron chi connectivity index (χ1n) is 5.34. The minimum absolute atomic E-state index is 0.282. The van der Waals surface area contributed by atoms with E-state index in [2.05, 4.69) is 15.3 Å². The van der Waals surface area contributed by atoms with Crippen molar-refractivity contribution in [3.63, 3.8) is 0 Å². The van der Waals surface area contributed by atoms with Crippen LogP contribution in [0.5, 0.6) is 5.75 Å². The molecule has 0 aliphatic carbocycles. The molecule has 0 bridgehead atoms. The van der Waals surface area contributed by atoms with Gasteiger partial charge in [-0.2, -0.15) is 0 Å². The third kappa shape index (κ3) is 3.85. The van der Waals surface area contributed by atoms with Gasteiger partial charge in [0.25, 0.3) is 0 Å². The van der Waals surface area contributed by atoms with E-state index in [-0.39, 0.29) is 5.82 Å². The molecule has 1 aromatic heterocycles. The minimum atomic E-state index is -0.282. The molecule has 2 aromatic rings. The predicted molar refractivity (Wildman–Crippen MR) is 67.4 cm³/mol. The Morgan fingerprint density at radius 2 is 1.83 bits per heavy atom. The molecule has 0 radical (unpaired) electrons. The molecular formula is C12H11ClFN3O. The fourth-order valence-electron chi connectivity index (χ4n) is 1.27. The molecule has 0 unspecified atom stereocenters. The number of ether oxygens (including phenoxy) is 1. The molecule has 0 fully saturated rings. The Bertz CT molecular complexity index is 442. The molecule has 0 spiro atoms. The van der Waals surface area contributed by atoms with Gasteiger partial charge in [-0.1, -0.05) is 11.6 Å². The highest BCUT2D eigenvalue weighted by molar-refractivity contribution is 6.30. The van der Waals surface area contributed by atoms with Gasteiger partial charge in [0.05, 0.1) is 24.0 Å². The Hall–Kier alpha value is -1.88. The van der Waals surface area contributed by atoms with E-state index < -0.39 is 0 Å². The predicted octanol–water partition coefficient (Wildman–Crippen LogP) is 2.76. The van der Waals surface area contributed by atoms with E-state index in [4.69, 9.17) is 16.3 Å². The van der Waals surface area contributed by atoms with Crippen LogP contribution in [0.15, 0.2) is 36.7 Å². The summed E-state index contributed by atoms with van der Waals surface area (Å²) in [6, 6.07) is 5.86. The van der Waals surface area contributed by atoms with Crippen molar-refractivity contribution < 1.29 is 9.13 Å². The number of hydrogen-bond acceptors (Lipinski definition) is 4. The summed E-state index contributed by atoms with van der Waals surface area (Å²) in [6.07, 6.45) is 3.02. The van der Waals surface area contributed by atoms with Gasteiger partial charge >= 0.3 is 0 Å². The second-order valence-electron chi connectivity index (χ2n) is 3.45. The lowest BCUT2D eigenvalue weighted by Gasteiger charge is -2.07. The van der Waals surface area contributed by atoms with Gasteiger partial charge in [0, 0.05) is 0 Å². The Labute approximate surface area is 109 Å². The first-order chi connectivity index (χ1) is 8.74. The lowest BCUT2D eigenvalue weighted by molar-refractivity contribution is 0.332. The van der Waals surface area contributed by atoms with Gasteiger partial charge in [-0.3, -0.25) is 0 Å². The van der Waals surface area contributed by atoms with Gasteiger partial charge in [-0.05, 0) is 24.3 Å². The van der Waals surface area contributed by atoms with E-state index in [1.807, 2.05) is 0 Å². The van der Waals surface area contributed by atoms with Crippen LogP contribution < -0.4 is 10.1 Å². The molecular weight excluding hydrogens is 257 g/mol. The molecule has 2 rings (SSSR count). The van der Waals surface area contributed by atoms with Gasteiger partial charge in [0.2, 0.25) is 5.95 Å². The van der Waals surface area contributed by atoms with Gasteiger partial charge in [-0.25, -0.2) is 14.4 Å². The van der Waals surface area contributed by atoms with Crippen molar-refractivity contribution in [2.75, 3.05) is 18.5 Å². The largest absolute Gasteiger partial charge is 0.492 e. The van der Waals surface area contributed by atoms with Crippen LogP contribution in [0.1, 0.15) is 0 Å². The van der Waals surface area contributed by atoms with Crippen molar-refractivity contribution in [3.05, 3.63) is 47.5 Å². The van der Waals surface area contributed by atoms with Crippen LogP contribution in [0.25, 0.3) is 0 Å². The summed E-state index contributed by atoms with van der Waals surface area (Å²) in [4.78, 5) is 7.95. The fraction of sp³-hybridized carbons (Fsp3) is 0.167. The summed E-state index contributed by atoms with van der Waals surface area (Å²) in [7, 11) is 0. The van der Waals surface area contributed by atoms with Crippen molar-refractivity contribution >= 4 is 17.5 Å². The summed E-state index contributed by atoms with van der Waals surface area (Å²) in [5.41, 5.74) is 0. The van der Waals surface area contributed by atoms with Crippen molar-refractivity contribution in [1.29, 1.82) is 0 Å². The third-order valence-electron chi connectivity index (χ3n) is 2.09. The molecule has 18 heavy (non-hydrogen) atoms. The summed E-state index contributed by atoms with van der Waals surface area (Å²) in [6.45, 7) is 0.969. The molecule has 0 amide bonds. The summed E-state index contributed by atoms with van der Waals surface area (Å²) < 4.78 is 18.0. The number of benzene rings is 1. The number of nitrogens with zero attached hydrogens (tertiary/aromatic N) is 2. The topological polar surface area (TPSA) is 47.0 Å². The Balaban J connectivity index is 1.73. The van der Waals surface area contributed by atoms with Gasteiger partial charge in [0.15, 0.2) is 0 Å². The Morgan fingerprint density at radius 3 is 2.50 bits per heavy atom. The number of aromatic nitrogens is 2. The third-order valence-corrected chi connectivity index (χ3v) is 2.28. The number of hydrogen-bond donors (Lipinski definition) is 1. The average molecular weight is 268 g/mol. The molecule has 1 aromatic carbocycles. The zero-order valence-electron chi connectivity index (χ0n) is 9.44. The zero-order valence-corrected chi connectivity index (χ0v) is 10.2. The van der Waals surface area contributed by atoms with Crippen molar-refractivity contribution in [3.8, 4) is 5.75 Å². The molecule has 1 heterocycles. The van der Waals surface area contributed by atoms with Crippen LogP contribution in [0.4, 0.5) is 10.3 Å². The Kier molecular flexibility index (Phi) is 4.30. The zero-order chi connectivity index (χ0) is 12.8. The van der Waals surface area contributed by atoms with E-state index in [0.717, 1.165) is 0 Å². The van der Waals surface area contributed by atoms with Crippen LogP contribution in [-0.4, -0.2) is 23.1 Å². The maximum Gasteiger partial charge on any atom is 0.222 e. The van der Waals surface area contributed by atoms with Crippen molar-refractivity contribution in [2.24, 2.45) is 0 Å². The Morgan fingerprint density at radius 1 is 1.17 bits per heavy atom. The number of nitrogens with one attached hydrogen (secondary N) is 1. The molecule has 0 aliphatic heterocycles. The minimum Gasteiger partial charge on any atom is -0.492 e. The van der Waals surface area contributed by atoms with Gasteiger partial charge in [-0.15, -0.1) is 0 Å². The second kappa shape index (κ2) is 6.16. The highest BCUT2D eigenvalue weighted by Gasteiger charge is 1.97. The molecule has 1 N–H and O–H groups in total. The average Bonchev–Trinajstić information content (AvgIpc) is 2.39. The second-order valence-corrected chi connectivity index (χ2v) is 3.89. The van der Waals surface area contributed by atoms with Gasteiger partial charge < -0.3 is 10.1 Å². The van der Waals surface area contributed by atoms with Crippen LogP contribution in [0, 0.1) is 5.82 Å². The molecule has 0 saturated carbocycles. The van der Waals surface area contributed by atoms with Crippen LogP contribution >= 0.6 is 11.6 Å². The molecule has 0 atom stereocenters. The van der Waals surface area contributed by atoms with E-state index in [1.54, 1.807) is 12.1 Å². The molecule has 94 valence electrons. The number of anilines is 1. The van der Waals surface area contributed by atoms with E-state index in [0.29, 0.717) is 29.9 Å². The molecule has 0 saturated heterocycles. The van der Waals surface area contributed by atoms with E-state index in [9.17, 15) is 4.39 Å². The lowest BCUT2D eigenvalue weighted by atomic mass is 10.3. The number of rotatable bonds is 5. The van der Waals surface area contributed by atoms with Crippen LogP contribution in [-0.2, 0) is 0 Å². The van der Waals surface area contributed by atoms with Crippen molar-refractivity contribution in [1.82, 2.24) is 9.97 Å².